The van der Waals surface area contributed by atoms with Crippen LogP contribution in [-0.2, 0) is 0 Å². The average molecular weight is 285 g/mol. The molecule has 0 spiro atoms. The van der Waals surface area contributed by atoms with Gasteiger partial charge in [0.25, 0.3) is 0 Å². The van der Waals surface area contributed by atoms with Crippen LogP contribution >= 0.6 is 0 Å². The standard InChI is InChI=1S/C19H27NO/c1-6-11-17(4)13-9-15-20(21)16-10-14-19(12-7-2)18(5)8-3/h6-15,21H,2,16H2,1,3-5H3/b11-6-,14-10-,15-9+,17-13-,18-8+,19-12+. The van der Waals surface area contributed by atoms with Crippen molar-refractivity contribution in [3.8, 4) is 0 Å². The summed E-state index contributed by atoms with van der Waals surface area (Å²) in [5.74, 6) is 0. The Morgan fingerprint density at radius 1 is 1.14 bits per heavy atom. The fourth-order valence-electron chi connectivity index (χ4n) is 1.57. The zero-order chi connectivity index (χ0) is 16.1. The molecule has 0 bridgehead atoms. The van der Waals surface area contributed by atoms with Crippen LogP contribution < -0.4 is 0 Å². The van der Waals surface area contributed by atoms with Gasteiger partial charge in [-0.25, -0.2) is 0 Å². The Balaban J connectivity index is 4.53. The summed E-state index contributed by atoms with van der Waals surface area (Å²) in [5.41, 5.74) is 3.40. The maximum absolute atomic E-state index is 9.72. The smallest absolute Gasteiger partial charge is 0.0630 e. The van der Waals surface area contributed by atoms with E-state index in [1.54, 1.807) is 12.3 Å². The lowest BCUT2D eigenvalue weighted by Crippen LogP contribution is -2.10. The van der Waals surface area contributed by atoms with E-state index in [9.17, 15) is 5.21 Å². The number of nitrogens with zero attached hydrogens (tertiary/aromatic N) is 1. The summed E-state index contributed by atoms with van der Waals surface area (Å²) in [6.07, 6.45) is 19.0. The topological polar surface area (TPSA) is 23.5 Å². The van der Waals surface area contributed by atoms with Gasteiger partial charge in [0.1, 0.15) is 0 Å². The summed E-state index contributed by atoms with van der Waals surface area (Å²) in [5, 5.41) is 10.9. The third-order valence-electron chi connectivity index (χ3n) is 2.82. The summed E-state index contributed by atoms with van der Waals surface area (Å²) in [6.45, 7) is 12.2. The van der Waals surface area contributed by atoms with E-state index < -0.39 is 0 Å². The van der Waals surface area contributed by atoms with Gasteiger partial charge in [0.2, 0.25) is 0 Å². The lowest BCUT2D eigenvalue weighted by Gasteiger charge is -2.08. The summed E-state index contributed by atoms with van der Waals surface area (Å²) < 4.78 is 0. The molecule has 0 unspecified atom stereocenters. The van der Waals surface area contributed by atoms with Crippen LogP contribution in [0.3, 0.4) is 0 Å². The van der Waals surface area contributed by atoms with Gasteiger partial charge in [-0.15, -0.1) is 0 Å². The number of allylic oxidation sites excluding steroid dienone is 11. The van der Waals surface area contributed by atoms with Crippen molar-refractivity contribution in [1.29, 1.82) is 0 Å². The molecule has 2 heteroatoms. The number of hydrogen-bond donors (Lipinski definition) is 1. The molecule has 0 heterocycles. The molecule has 0 aromatic rings. The Kier molecular flexibility index (Phi) is 10.6. The van der Waals surface area contributed by atoms with Gasteiger partial charge in [-0.05, 0) is 44.9 Å². The molecule has 0 amide bonds. The van der Waals surface area contributed by atoms with Crippen LogP contribution in [0.5, 0.6) is 0 Å². The molecule has 0 atom stereocenters. The molecular formula is C19H27NO. The van der Waals surface area contributed by atoms with E-state index in [1.807, 2.05) is 76.3 Å². The SMILES string of the molecule is C=C/C=C(\C=C/CN(O)/C=C/C=C(C)\C=C/C)C(/C)=C/C. The highest BCUT2D eigenvalue weighted by Crippen LogP contribution is 2.10. The lowest BCUT2D eigenvalue weighted by atomic mass is 10.1. The van der Waals surface area contributed by atoms with Crippen molar-refractivity contribution in [2.24, 2.45) is 0 Å². The van der Waals surface area contributed by atoms with E-state index in [0.29, 0.717) is 6.54 Å². The van der Waals surface area contributed by atoms with E-state index in [4.69, 9.17) is 0 Å². The third kappa shape index (κ3) is 9.47. The molecule has 1 N–H and O–H groups in total. The highest BCUT2D eigenvalue weighted by atomic mass is 16.5. The monoisotopic (exact) mass is 285 g/mol. The zero-order valence-electron chi connectivity index (χ0n) is 13.6. The van der Waals surface area contributed by atoms with Gasteiger partial charge in [-0.1, -0.05) is 60.8 Å². The third-order valence-corrected chi connectivity index (χ3v) is 2.82. The first-order valence-corrected chi connectivity index (χ1v) is 7.11. The minimum atomic E-state index is 0.429. The van der Waals surface area contributed by atoms with Gasteiger partial charge >= 0.3 is 0 Å². The Morgan fingerprint density at radius 2 is 1.86 bits per heavy atom. The molecule has 0 saturated carbocycles. The predicted octanol–water partition coefficient (Wildman–Crippen LogP) is 5.35. The normalized spacial score (nSPS) is 14.6. The summed E-state index contributed by atoms with van der Waals surface area (Å²) >= 11 is 0. The maximum Gasteiger partial charge on any atom is 0.0630 e. The van der Waals surface area contributed by atoms with Crippen molar-refractivity contribution in [1.82, 2.24) is 5.06 Å². The summed E-state index contributed by atoms with van der Waals surface area (Å²) in [6, 6.07) is 0. The molecule has 21 heavy (non-hydrogen) atoms. The summed E-state index contributed by atoms with van der Waals surface area (Å²) in [7, 11) is 0. The Hall–Kier alpha value is -2.06. The van der Waals surface area contributed by atoms with Crippen LogP contribution in [0.15, 0.2) is 84.2 Å². The molecule has 0 aromatic carbocycles. The molecule has 0 aromatic heterocycles. The van der Waals surface area contributed by atoms with Crippen molar-refractivity contribution in [2.45, 2.75) is 27.7 Å². The average Bonchev–Trinajstić information content (AvgIpc) is 2.45. The van der Waals surface area contributed by atoms with E-state index in [1.165, 1.54) is 5.57 Å². The van der Waals surface area contributed by atoms with E-state index in [0.717, 1.165) is 16.2 Å². The number of hydrogen-bond acceptors (Lipinski definition) is 2. The minimum Gasteiger partial charge on any atom is -0.289 e. The number of hydroxylamine groups is 2. The lowest BCUT2D eigenvalue weighted by molar-refractivity contribution is -0.0291. The van der Waals surface area contributed by atoms with Gasteiger partial charge in [0, 0.05) is 6.20 Å². The predicted molar refractivity (Wildman–Crippen MR) is 93.1 cm³/mol. The van der Waals surface area contributed by atoms with E-state index in [-0.39, 0.29) is 0 Å². The molecular weight excluding hydrogens is 258 g/mol. The molecule has 0 saturated heterocycles. The molecule has 0 aliphatic heterocycles. The molecule has 0 aliphatic rings. The van der Waals surface area contributed by atoms with Gasteiger partial charge < -0.3 is 0 Å². The molecule has 0 fully saturated rings. The minimum absolute atomic E-state index is 0.429. The van der Waals surface area contributed by atoms with E-state index in [2.05, 4.69) is 6.58 Å². The van der Waals surface area contributed by atoms with Gasteiger partial charge in [0.15, 0.2) is 0 Å². The van der Waals surface area contributed by atoms with Gasteiger partial charge in [0.05, 0.1) is 6.54 Å². The highest BCUT2D eigenvalue weighted by Gasteiger charge is 1.93. The largest absolute Gasteiger partial charge is 0.289 e. The Labute approximate surface area is 129 Å². The molecule has 2 nitrogen and oxygen atoms in total. The van der Waals surface area contributed by atoms with Crippen LogP contribution in [0.1, 0.15) is 27.7 Å². The van der Waals surface area contributed by atoms with Crippen LogP contribution in [0, 0.1) is 0 Å². The number of rotatable bonds is 8. The highest BCUT2D eigenvalue weighted by molar-refractivity contribution is 5.40. The van der Waals surface area contributed by atoms with Crippen LogP contribution in [-0.4, -0.2) is 16.8 Å². The van der Waals surface area contributed by atoms with Gasteiger partial charge in [-0.2, -0.15) is 0 Å². The van der Waals surface area contributed by atoms with Crippen LogP contribution in [0.4, 0.5) is 0 Å². The van der Waals surface area contributed by atoms with Crippen LogP contribution in [0.2, 0.25) is 0 Å². The fraction of sp³-hybridized carbons (Fsp3) is 0.263. The van der Waals surface area contributed by atoms with E-state index >= 15 is 0 Å². The second-order valence-electron chi connectivity index (χ2n) is 4.61. The van der Waals surface area contributed by atoms with Crippen molar-refractivity contribution >= 4 is 0 Å². The molecule has 0 rings (SSSR count). The maximum atomic E-state index is 9.72. The van der Waals surface area contributed by atoms with Crippen molar-refractivity contribution < 1.29 is 5.21 Å². The second kappa shape index (κ2) is 11.7. The first-order valence-electron chi connectivity index (χ1n) is 7.11. The Bertz CT molecular complexity index is 488. The molecule has 0 aliphatic carbocycles. The van der Waals surface area contributed by atoms with Crippen molar-refractivity contribution in [3.63, 3.8) is 0 Å². The molecule has 114 valence electrons. The quantitative estimate of drug-likeness (QED) is 0.480. The Morgan fingerprint density at radius 3 is 2.43 bits per heavy atom. The summed E-state index contributed by atoms with van der Waals surface area (Å²) in [4.78, 5) is 0. The first kappa shape index (κ1) is 18.9. The fourth-order valence-corrected chi connectivity index (χ4v) is 1.57. The van der Waals surface area contributed by atoms with Crippen molar-refractivity contribution in [3.05, 3.63) is 84.2 Å². The van der Waals surface area contributed by atoms with Gasteiger partial charge in [-0.3, -0.25) is 10.3 Å². The zero-order valence-corrected chi connectivity index (χ0v) is 13.6. The molecule has 0 radical (unpaired) electrons. The van der Waals surface area contributed by atoms with Crippen LogP contribution in [0.25, 0.3) is 0 Å². The van der Waals surface area contributed by atoms with Crippen molar-refractivity contribution in [2.75, 3.05) is 6.54 Å². The second-order valence-corrected chi connectivity index (χ2v) is 4.61. The first-order chi connectivity index (χ1) is 10.0.